The summed E-state index contributed by atoms with van der Waals surface area (Å²) in [6, 6.07) is 14.7. The topological polar surface area (TPSA) is 281 Å². The van der Waals surface area contributed by atoms with E-state index in [0.717, 1.165) is 11.3 Å². The molecule has 1 saturated heterocycles. The van der Waals surface area contributed by atoms with Crippen LogP contribution in [0.2, 0.25) is 0 Å². The van der Waals surface area contributed by atoms with Gasteiger partial charge in [0.15, 0.2) is 16.9 Å². The number of hydrogen-bond acceptors (Lipinski definition) is 15. The lowest BCUT2D eigenvalue weighted by molar-refractivity contribution is -0.142. The summed E-state index contributed by atoms with van der Waals surface area (Å²) in [5, 5.41) is 25.3. The molecule has 4 aromatic rings. The fraction of sp³-hybridized carbons (Fsp3) is 0.435. The fourth-order valence-electron chi connectivity index (χ4n) is 7.19. The van der Waals surface area contributed by atoms with E-state index in [1.807, 2.05) is 49.1 Å². The monoisotopic (exact) mass is 946 g/mol. The smallest absolute Gasteiger partial charge is 0.332 e. The van der Waals surface area contributed by atoms with Gasteiger partial charge in [-0.05, 0) is 76.8 Å². The van der Waals surface area contributed by atoms with Crippen molar-refractivity contribution in [3.05, 3.63) is 101 Å². The highest BCUT2D eigenvalue weighted by molar-refractivity contribution is 7.41. The number of aromatic nitrogens is 4. The van der Waals surface area contributed by atoms with Crippen LogP contribution in [0.1, 0.15) is 81.9 Å². The van der Waals surface area contributed by atoms with Gasteiger partial charge in [0.05, 0.1) is 62.1 Å². The minimum Gasteiger partial charge on any atom is -0.481 e. The molecule has 0 bridgehead atoms. The van der Waals surface area contributed by atoms with Crippen molar-refractivity contribution in [3.63, 3.8) is 0 Å². The number of nitrogens with one attached hydrogen (secondary N) is 4. The van der Waals surface area contributed by atoms with Crippen molar-refractivity contribution in [2.24, 2.45) is 17.8 Å². The number of amides is 2. The van der Waals surface area contributed by atoms with Gasteiger partial charge >= 0.3 is 20.5 Å². The first kappa shape index (κ1) is 53.3. The normalized spacial score (nSPS) is 17.2. The molecule has 360 valence electrons. The first-order chi connectivity index (χ1) is 32.1. The number of carboxylic acid groups (broad SMARTS) is 2. The second kappa shape index (κ2) is 26.7. The summed E-state index contributed by atoms with van der Waals surface area (Å²) in [5.41, 5.74) is 2.00. The van der Waals surface area contributed by atoms with Crippen molar-refractivity contribution in [3.8, 4) is 0 Å². The first-order valence-electron chi connectivity index (χ1n) is 21.8. The predicted molar refractivity (Wildman–Crippen MR) is 250 cm³/mol. The lowest BCUT2D eigenvalue weighted by atomic mass is 9.84. The lowest BCUT2D eigenvalue weighted by Gasteiger charge is -2.28. The third-order valence-corrected chi connectivity index (χ3v) is 11.9. The van der Waals surface area contributed by atoms with Crippen LogP contribution in [0.15, 0.2) is 78.2 Å². The van der Waals surface area contributed by atoms with Crippen LogP contribution in [0.3, 0.4) is 0 Å². The summed E-state index contributed by atoms with van der Waals surface area (Å²) in [4.78, 5) is 104. The van der Waals surface area contributed by atoms with E-state index in [-0.39, 0.29) is 61.2 Å². The Labute approximate surface area is 389 Å². The Morgan fingerprint density at radius 2 is 1.61 bits per heavy atom. The van der Waals surface area contributed by atoms with Gasteiger partial charge in [0.2, 0.25) is 17.8 Å². The predicted octanol–water partition coefficient (Wildman–Crippen LogP) is 5.51. The second-order valence-corrected chi connectivity index (χ2v) is 16.7. The molecule has 0 saturated carbocycles. The van der Waals surface area contributed by atoms with Gasteiger partial charge in [0.25, 0.3) is 5.56 Å². The lowest BCUT2D eigenvalue weighted by Crippen LogP contribution is -2.46. The largest absolute Gasteiger partial charge is 0.481 e. The molecule has 0 spiro atoms. The van der Waals surface area contributed by atoms with Crippen LogP contribution in [-0.2, 0) is 50.6 Å². The first-order valence-corrected chi connectivity index (χ1v) is 22.9. The Morgan fingerprint density at radius 3 is 2.21 bits per heavy atom. The quantitative estimate of drug-likeness (QED) is 0.0207. The minimum absolute atomic E-state index is 0.00373. The van der Waals surface area contributed by atoms with Crippen LogP contribution in [-0.4, -0.2) is 109 Å². The fourth-order valence-corrected chi connectivity index (χ4v) is 8.12. The van der Waals surface area contributed by atoms with E-state index in [1.54, 1.807) is 30.3 Å². The number of Topliss-reactive ketones (excluding diaryl/α,β-unsaturated/α-hetero) is 2. The summed E-state index contributed by atoms with van der Waals surface area (Å²) in [5.74, 6) is -6.26. The van der Waals surface area contributed by atoms with Gasteiger partial charge < -0.3 is 34.4 Å². The molecule has 5 atom stereocenters. The maximum atomic E-state index is 14.3. The van der Waals surface area contributed by atoms with E-state index in [0.29, 0.717) is 43.9 Å². The highest BCUT2D eigenvalue weighted by atomic mass is 31.2. The van der Waals surface area contributed by atoms with E-state index < -0.39 is 67.8 Å². The third-order valence-electron chi connectivity index (χ3n) is 10.5. The van der Waals surface area contributed by atoms with E-state index in [2.05, 4.69) is 42.5 Å². The van der Waals surface area contributed by atoms with Gasteiger partial charge in [-0.15, -0.1) is 6.58 Å². The summed E-state index contributed by atoms with van der Waals surface area (Å²) >= 11 is 0. The molecule has 5 rings (SSSR count). The Morgan fingerprint density at radius 1 is 0.925 bits per heavy atom. The van der Waals surface area contributed by atoms with Gasteiger partial charge in [0, 0.05) is 36.8 Å². The number of likely N-dealkylation sites (tertiary alicyclic amines) is 1. The van der Waals surface area contributed by atoms with Crippen LogP contribution >= 0.6 is 8.60 Å². The Hall–Kier alpha value is -6.31. The molecule has 67 heavy (non-hydrogen) atoms. The third kappa shape index (κ3) is 15.9. The zero-order valence-corrected chi connectivity index (χ0v) is 39.1. The Kier molecular flexibility index (Phi) is 21.3. The molecule has 2 aromatic heterocycles. The number of rotatable bonds is 25. The molecule has 1 fully saturated rings. The molecule has 20 nitrogen and oxygen atoms in total. The van der Waals surface area contributed by atoms with E-state index in [9.17, 15) is 33.6 Å². The maximum Gasteiger partial charge on any atom is 0.332 e. The van der Waals surface area contributed by atoms with Gasteiger partial charge in [-0.25, -0.2) is 9.97 Å². The number of nitrogens with zero attached hydrogens (tertiary/aromatic N) is 4. The minimum atomic E-state index is -1.44. The van der Waals surface area contributed by atoms with Crippen LogP contribution in [0.5, 0.6) is 0 Å². The number of ketones is 2. The number of fused-ring (bicyclic) bond motifs is 1. The van der Waals surface area contributed by atoms with Crippen molar-refractivity contribution < 1.29 is 52.6 Å². The SMILES string of the molecule is C=CC1C(C(=O)Nc2nc3ncc(CNc4ccc(C(C)=O)cc4)nc3c(=O)[nH]2)C(C(=O)NCCCCOP(OCC)OCC)C(C(C)=O)N1Cc1ccccc1.CC(CCC(=O)O)C(=O)O. The number of aromatic amines is 1. The summed E-state index contributed by atoms with van der Waals surface area (Å²) in [6.07, 6.45) is 4.33. The molecule has 21 heteroatoms. The number of carboxylic acids is 2. The summed E-state index contributed by atoms with van der Waals surface area (Å²) in [7, 11) is -1.44. The summed E-state index contributed by atoms with van der Waals surface area (Å²) < 4.78 is 16.6. The molecule has 2 aromatic carbocycles. The van der Waals surface area contributed by atoms with Crippen LogP contribution in [0.4, 0.5) is 11.6 Å². The Balaban J connectivity index is 0.000000876. The van der Waals surface area contributed by atoms with E-state index in [1.165, 1.54) is 27.0 Å². The number of carbonyl (C=O) groups is 6. The molecule has 5 unspecified atom stereocenters. The second-order valence-electron chi connectivity index (χ2n) is 15.5. The highest BCUT2D eigenvalue weighted by Crippen LogP contribution is 2.40. The molecular weight excluding hydrogens is 888 g/mol. The number of anilines is 2. The van der Waals surface area contributed by atoms with Gasteiger partial charge in [0.1, 0.15) is 5.78 Å². The molecule has 2 amide bonds. The van der Waals surface area contributed by atoms with Crippen molar-refractivity contribution in [2.75, 3.05) is 37.0 Å². The molecule has 1 aliphatic rings. The molecular formula is C46H59N8O12P. The molecule has 0 radical (unpaired) electrons. The number of benzene rings is 2. The number of aliphatic carboxylic acids is 2. The van der Waals surface area contributed by atoms with Gasteiger partial charge in [-0.2, -0.15) is 4.98 Å². The molecule has 6 N–H and O–H groups in total. The van der Waals surface area contributed by atoms with Gasteiger partial charge in [-0.1, -0.05) is 43.3 Å². The number of unbranched alkanes of at least 4 members (excludes halogenated alkanes) is 1. The summed E-state index contributed by atoms with van der Waals surface area (Å²) in [6.45, 7) is 14.2. The van der Waals surface area contributed by atoms with Gasteiger partial charge in [-0.3, -0.25) is 48.8 Å². The van der Waals surface area contributed by atoms with Crippen molar-refractivity contribution in [2.45, 2.75) is 85.5 Å². The van der Waals surface area contributed by atoms with Crippen LogP contribution in [0.25, 0.3) is 11.2 Å². The zero-order valence-electron chi connectivity index (χ0n) is 38.2. The molecule has 0 aliphatic carbocycles. The van der Waals surface area contributed by atoms with E-state index >= 15 is 0 Å². The van der Waals surface area contributed by atoms with Crippen molar-refractivity contribution in [1.29, 1.82) is 0 Å². The Bertz CT molecular complexity index is 2380. The van der Waals surface area contributed by atoms with E-state index in [4.69, 9.17) is 23.8 Å². The average molecular weight is 947 g/mol. The van der Waals surface area contributed by atoms with Crippen LogP contribution in [0, 0.1) is 17.8 Å². The number of H-pyrrole nitrogens is 1. The zero-order chi connectivity index (χ0) is 49.0. The van der Waals surface area contributed by atoms with Crippen molar-refractivity contribution in [1.82, 2.24) is 30.2 Å². The maximum absolute atomic E-state index is 14.3. The van der Waals surface area contributed by atoms with Crippen molar-refractivity contribution >= 4 is 66.7 Å². The number of hydrogen-bond donors (Lipinski definition) is 6. The van der Waals surface area contributed by atoms with Crippen LogP contribution < -0.4 is 21.5 Å². The average Bonchev–Trinajstić information content (AvgIpc) is 3.63. The standard InChI is InChI=1S/C40H49N8O8P.C6H10O4/c1-6-31-32(38(52)46-40-45-36-34(39(53)47-40)44-30(23-43-36)22-42-29-18-16-28(17-19-29)25(4)49)33(35(26(5)50)48(31)24-27-14-10-9-11-15-27)37(51)41-20-12-13-21-56-57(54-7-2)55-8-3;1-4(6(9)10)2-3-5(7)8/h6,9-11,14-19,23,31-33,35,42H,1,7-8,12-13,20-22,24H2,2-5H3,(H,41,51)(H2,43,45,46,47,52,53);4H,2-3H2,1H3,(H,7,8)(H,9,10). The highest BCUT2D eigenvalue weighted by Gasteiger charge is 2.55. The molecule has 1 aliphatic heterocycles. The number of carbonyl (C=O) groups excluding carboxylic acids is 4. The molecule has 3 heterocycles.